The number of hydrogen-bond acceptors (Lipinski definition) is 5. The van der Waals surface area contributed by atoms with Crippen LogP contribution in [-0.4, -0.2) is 54.9 Å². The van der Waals surface area contributed by atoms with Gasteiger partial charge in [0, 0.05) is 31.1 Å². The minimum absolute atomic E-state index is 0.0448. The zero-order valence-electron chi connectivity index (χ0n) is 19.0. The van der Waals surface area contributed by atoms with Gasteiger partial charge < -0.3 is 26.0 Å². The quantitative estimate of drug-likeness (QED) is 0.546. The second-order valence-electron chi connectivity index (χ2n) is 8.60. The van der Waals surface area contributed by atoms with Gasteiger partial charge in [-0.15, -0.1) is 0 Å². The Morgan fingerprint density at radius 1 is 1.16 bits per heavy atom. The van der Waals surface area contributed by atoms with Crippen LogP contribution >= 0.6 is 0 Å². The first-order chi connectivity index (χ1) is 14.7. The molecule has 3 amide bonds. The second-order valence-corrected chi connectivity index (χ2v) is 8.60. The van der Waals surface area contributed by atoms with E-state index in [1.54, 1.807) is 18.9 Å². The SMILES string of the molecule is COc1ccccc1CNC(=O)C(C)NC(=O)C1CCN(C(=O)C(N)CC(C)C)CC1. The topological polar surface area (TPSA) is 114 Å². The smallest absolute Gasteiger partial charge is 0.242 e. The standard InChI is InChI=1S/C23H36N4O4/c1-15(2)13-19(24)23(30)27-11-9-17(10-12-27)22(29)26-16(3)21(28)25-14-18-7-5-6-8-20(18)31-4/h5-8,15-17,19H,9-14,24H2,1-4H3,(H,25,28)(H,26,29). The number of nitrogens with one attached hydrogen (secondary N) is 2. The fraction of sp³-hybridized carbons (Fsp3) is 0.609. The number of methoxy groups -OCH3 is 1. The van der Waals surface area contributed by atoms with Crippen molar-refractivity contribution in [3.05, 3.63) is 29.8 Å². The Kier molecular flexibility index (Phi) is 9.30. The number of amides is 3. The van der Waals surface area contributed by atoms with Crippen LogP contribution in [0.5, 0.6) is 5.75 Å². The van der Waals surface area contributed by atoms with Crippen LogP contribution in [0.1, 0.15) is 45.6 Å². The molecule has 0 radical (unpaired) electrons. The number of nitrogens with two attached hydrogens (primary N) is 1. The second kappa shape index (κ2) is 11.7. The van der Waals surface area contributed by atoms with Crippen LogP contribution < -0.4 is 21.1 Å². The van der Waals surface area contributed by atoms with E-state index < -0.39 is 12.1 Å². The van der Waals surface area contributed by atoms with Crippen molar-refractivity contribution in [3.8, 4) is 5.75 Å². The van der Waals surface area contributed by atoms with Gasteiger partial charge in [-0.2, -0.15) is 0 Å². The minimum Gasteiger partial charge on any atom is -0.496 e. The molecule has 1 aliphatic heterocycles. The number of likely N-dealkylation sites (tertiary alicyclic amines) is 1. The zero-order chi connectivity index (χ0) is 23.0. The highest BCUT2D eigenvalue weighted by Crippen LogP contribution is 2.19. The van der Waals surface area contributed by atoms with E-state index in [0.717, 1.165) is 5.56 Å². The highest BCUT2D eigenvalue weighted by molar-refractivity contribution is 5.88. The molecule has 1 saturated heterocycles. The Labute approximate surface area is 184 Å². The average Bonchev–Trinajstić information content (AvgIpc) is 2.76. The molecule has 8 heteroatoms. The van der Waals surface area contributed by atoms with Gasteiger partial charge in [0.2, 0.25) is 17.7 Å². The number of piperidine rings is 1. The summed E-state index contributed by atoms with van der Waals surface area (Å²) in [5, 5.41) is 5.63. The maximum Gasteiger partial charge on any atom is 0.242 e. The van der Waals surface area contributed by atoms with Crippen LogP contribution in [0.15, 0.2) is 24.3 Å². The van der Waals surface area contributed by atoms with Gasteiger partial charge in [0.15, 0.2) is 0 Å². The number of benzene rings is 1. The van der Waals surface area contributed by atoms with Crippen molar-refractivity contribution in [1.29, 1.82) is 0 Å². The molecule has 2 rings (SSSR count). The van der Waals surface area contributed by atoms with E-state index in [1.165, 1.54) is 0 Å². The summed E-state index contributed by atoms with van der Waals surface area (Å²) < 4.78 is 5.28. The molecule has 1 fully saturated rings. The molecule has 31 heavy (non-hydrogen) atoms. The summed E-state index contributed by atoms with van der Waals surface area (Å²) in [6.07, 6.45) is 1.80. The molecule has 172 valence electrons. The van der Waals surface area contributed by atoms with Gasteiger partial charge in [0.1, 0.15) is 11.8 Å². The first-order valence-corrected chi connectivity index (χ1v) is 11.0. The summed E-state index contributed by atoms with van der Waals surface area (Å²) >= 11 is 0. The van der Waals surface area contributed by atoms with Crippen LogP contribution in [-0.2, 0) is 20.9 Å². The first-order valence-electron chi connectivity index (χ1n) is 11.0. The third kappa shape index (κ3) is 7.24. The number of nitrogens with zero attached hydrogens (tertiary/aromatic N) is 1. The van der Waals surface area contributed by atoms with Crippen LogP contribution in [0, 0.1) is 11.8 Å². The van der Waals surface area contributed by atoms with Crippen molar-refractivity contribution in [2.24, 2.45) is 17.6 Å². The van der Waals surface area contributed by atoms with Crippen molar-refractivity contribution < 1.29 is 19.1 Å². The Morgan fingerprint density at radius 3 is 2.42 bits per heavy atom. The number of rotatable bonds is 9. The van der Waals surface area contributed by atoms with E-state index in [9.17, 15) is 14.4 Å². The molecule has 1 heterocycles. The fourth-order valence-corrected chi connectivity index (χ4v) is 3.79. The van der Waals surface area contributed by atoms with Gasteiger partial charge in [-0.3, -0.25) is 14.4 Å². The number of para-hydroxylation sites is 1. The Hall–Kier alpha value is -2.61. The van der Waals surface area contributed by atoms with E-state index in [0.29, 0.717) is 50.6 Å². The molecular weight excluding hydrogens is 396 g/mol. The summed E-state index contributed by atoms with van der Waals surface area (Å²) in [5.74, 6) is 0.392. The van der Waals surface area contributed by atoms with E-state index >= 15 is 0 Å². The predicted molar refractivity (Wildman–Crippen MR) is 119 cm³/mol. The number of carbonyl (C=O) groups is 3. The first kappa shape index (κ1) is 24.7. The van der Waals surface area contributed by atoms with Gasteiger partial charge in [0.05, 0.1) is 13.2 Å². The minimum atomic E-state index is -0.652. The summed E-state index contributed by atoms with van der Waals surface area (Å²) in [5.41, 5.74) is 6.87. The van der Waals surface area contributed by atoms with Crippen LogP contribution in [0.2, 0.25) is 0 Å². The molecule has 0 saturated carbocycles. The third-order valence-electron chi connectivity index (χ3n) is 5.62. The molecule has 4 N–H and O–H groups in total. The Morgan fingerprint density at radius 2 is 1.81 bits per heavy atom. The predicted octanol–water partition coefficient (Wildman–Crippen LogP) is 1.43. The lowest BCUT2D eigenvalue weighted by atomic mass is 9.94. The Bertz CT molecular complexity index is 760. The highest BCUT2D eigenvalue weighted by Gasteiger charge is 2.30. The molecule has 1 aliphatic rings. The number of hydrogen-bond donors (Lipinski definition) is 3. The summed E-state index contributed by atoms with van der Waals surface area (Å²) in [6, 6.07) is 6.31. The maximum absolute atomic E-state index is 12.6. The van der Waals surface area contributed by atoms with E-state index in [2.05, 4.69) is 10.6 Å². The lowest BCUT2D eigenvalue weighted by Crippen LogP contribution is -2.51. The normalized spacial score (nSPS) is 16.5. The van der Waals surface area contributed by atoms with Crippen molar-refractivity contribution >= 4 is 17.7 Å². The van der Waals surface area contributed by atoms with Gasteiger partial charge in [0.25, 0.3) is 0 Å². The number of carbonyl (C=O) groups excluding carboxylic acids is 3. The third-order valence-corrected chi connectivity index (χ3v) is 5.62. The van der Waals surface area contributed by atoms with E-state index in [1.807, 2.05) is 38.1 Å². The average molecular weight is 433 g/mol. The Balaban J connectivity index is 1.77. The lowest BCUT2D eigenvalue weighted by molar-refractivity contribution is -0.137. The van der Waals surface area contributed by atoms with E-state index in [4.69, 9.17) is 10.5 Å². The lowest BCUT2D eigenvalue weighted by Gasteiger charge is -2.33. The fourth-order valence-electron chi connectivity index (χ4n) is 3.79. The summed E-state index contributed by atoms with van der Waals surface area (Å²) in [6.45, 7) is 7.09. The molecule has 0 aliphatic carbocycles. The van der Waals surface area contributed by atoms with Crippen molar-refractivity contribution in [2.45, 2.75) is 58.7 Å². The highest BCUT2D eigenvalue weighted by atomic mass is 16.5. The maximum atomic E-state index is 12.6. The molecule has 0 aromatic heterocycles. The van der Waals surface area contributed by atoms with Gasteiger partial charge in [-0.1, -0.05) is 32.0 Å². The van der Waals surface area contributed by atoms with Gasteiger partial charge >= 0.3 is 0 Å². The summed E-state index contributed by atoms with van der Waals surface area (Å²) in [4.78, 5) is 39.2. The molecule has 2 unspecified atom stereocenters. The van der Waals surface area contributed by atoms with Gasteiger partial charge in [-0.05, 0) is 38.2 Å². The van der Waals surface area contributed by atoms with Crippen molar-refractivity contribution in [3.63, 3.8) is 0 Å². The van der Waals surface area contributed by atoms with Crippen LogP contribution in [0.4, 0.5) is 0 Å². The molecule has 1 aromatic rings. The monoisotopic (exact) mass is 432 g/mol. The number of ether oxygens (including phenoxy) is 1. The zero-order valence-corrected chi connectivity index (χ0v) is 19.0. The van der Waals surface area contributed by atoms with Crippen LogP contribution in [0.3, 0.4) is 0 Å². The largest absolute Gasteiger partial charge is 0.496 e. The molecule has 8 nitrogen and oxygen atoms in total. The molecule has 0 spiro atoms. The van der Waals surface area contributed by atoms with E-state index in [-0.39, 0.29) is 23.6 Å². The molecule has 0 bridgehead atoms. The van der Waals surface area contributed by atoms with Crippen molar-refractivity contribution in [2.75, 3.05) is 20.2 Å². The molecule has 1 aromatic carbocycles. The molecule has 2 atom stereocenters. The molecular formula is C23H36N4O4. The summed E-state index contributed by atoms with van der Waals surface area (Å²) in [7, 11) is 1.58. The van der Waals surface area contributed by atoms with Crippen molar-refractivity contribution in [1.82, 2.24) is 15.5 Å². The van der Waals surface area contributed by atoms with Gasteiger partial charge in [-0.25, -0.2) is 0 Å². The van der Waals surface area contributed by atoms with Crippen LogP contribution in [0.25, 0.3) is 0 Å².